The molecule has 96 heavy (non-hydrogen) atoms. The molecule has 0 radical (unpaired) electrons. The number of carboxylic acid groups (broad SMARTS) is 2. The summed E-state index contributed by atoms with van der Waals surface area (Å²) in [4.78, 5) is 53.4. The van der Waals surface area contributed by atoms with Gasteiger partial charge in [-0.3, -0.25) is 24.0 Å². The van der Waals surface area contributed by atoms with E-state index in [0.717, 1.165) is 23.3 Å². The number of nitriles is 1. The lowest BCUT2D eigenvalue weighted by atomic mass is 9.62. The molecule has 0 unspecified atom stereocenters. The molecule has 2 saturated carbocycles. The summed E-state index contributed by atoms with van der Waals surface area (Å²) in [5, 5.41) is 61.8. The van der Waals surface area contributed by atoms with Gasteiger partial charge >= 0.3 is 17.9 Å². The zero-order chi connectivity index (χ0) is 72.2. The quantitative estimate of drug-likeness (QED) is 0.0306. The minimum absolute atomic E-state index is 0.100. The maximum absolute atomic E-state index is 13.5. The van der Waals surface area contributed by atoms with E-state index in [1.54, 1.807) is 127 Å². The third-order valence-electron chi connectivity index (χ3n) is 15.1. The molecule has 0 saturated heterocycles. The molecule has 8 aromatic rings. The predicted molar refractivity (Wildman–Crippen MR) is 346 cm³/mol. The topological polar surface area (TPSA) is 240 Å². The molecule has 2 aliphatic carbocycles. The van der Waals surface area contributed by atoms with E-state index in [0.29, 0.717) is 98.1 Å². The van der Waals surface area contributed by atoms with Gasteiger partial charge in [-0.25, -0.2) is 35.1 Å². The number of methoxy groups -OCH3 is 1. The molecule has 8 aromatic carbocycles. The van der Waals surface area contributed by atoms with Crippen LogP contribution in [0.2, 0.25) is 0 Å². The summed E-state index contributed by atoms with van der Waals surface area (Å²) in [6, 6.07) is 38.0. The van der Waals surface area contributed by atoms with Crippen LogP contribution in [-0.2, 0) is 55.3 Å². The Kier molecular flexibility index (Phi) is 32.5. The lowest BCUT2D eigenvalue weighted by molar-refractivity contribution is -0.156. The molecule has 13 nitrogen and oxygen atoms in total. The number of aldehydes is 2. The Morgan fingerprint density at radius 1 is 0.500 bits per heavy atom. The van der Waals surface area contributed by atoms with E-state index in [4.69, 9.17) is 36.9 Å². The number of carbonyl (C=O) groups excluding carboxylic acids is 3. The first kappa shape index (κ1) is 80.6. The Morgan fingerprint density at radius 2 is 0.833 bits per heavy atom. The number of aliphatic hydroxyl groups excluding tert-OH is 3. The summed E-state index contributed by atoms with van der Waals surface area (Å²) in [7, 11) is 1.30. The number of aromatic hydroxyl groups is 1. The van der Waals surface area contributed by atoms with Crippen LogP contribution in [0.5, 0.6) is 5.75 Å². The van der Waals surface area contributed by atoms with Crippen LogP contribution in [0.1, 0.15) is 119 Å². The van der Waals surface area contributed by atoms with Gasteiger partial charge in [0.1, 0.15) is 53.3 Å². The van der Waals surface area contributed by atoms with Crippen molar-refractivity contribution in [3.05, 3.63) is 276 Å². The predicted octanol–water partition coefficient (Wildman–Crippen LogP) is 15.1. The van der Waals surface area contributed by atoms with Crippen molar-refractivity contribution in [2.75, 3.05) is 7.11 Å². The van der Waals surface area contributed by atoms with Crippen LogP contribution in [0, 0.1) is 106 Å². The van der Waals surface area contributed by atoms with Crippen molar-refractivity contribution in [1.82, 2.24) is 0 Å². The highest BCUT2D eigenvalue weighted by atomic mass is 35.5. The van der Waals surface area contributed by atoms with Crippen molar-refractivity contribution < 1.29 is 94.5 Å². The van der Waals surface area contributed by atoms with E-state index >= 15 is 0 Å². The zero-order valence-corrected chi connectivity index (χ0v) is 54.6. The fourth-order valence-electron chi connectivity index (χ4n) is 9.01. The Hall–Kier alpha value is -9.59. The van der Waals surface area contributed by atoms with Crippen LogP contribution in [0.25, 0.3) is 0 Å². The molecule has 0 heterocycles. The number of esters is 1. The summed E-state index contributed by atoms with van der Waals surface area (Å²) in [5.74, 6) is -5.30. The van der Waals surface area contributed by atoms with Gasteiger partial charge < -0.3 is 35.4 Å². The van der Waals surface area contributed by atoms with Crippen LogP contribution in [-0.4, -0.2) is 80.4 Å². The monoisotopic (exact) mass is 1360 g/mol. The number of carbonyl (C=O) groups is 5. The maximum Gasteiger partial charge on any atom is 0.316 e. The van der Waals surface area contributed by atoms with E-state index in [1.165, 1.54) is 55.6 Å². The number of rotatable bonds is 11. The number of alkyl halides is 1. The molecule has 0 amide bonds. The smallest absolute Gasteiger partial charge is 0.316 e. The molecule has 22 heteroatoms. The lowest BCUT2D eigenvalue weighted by Gasteiger charge is -2.43. The summed E-state index contributed by atoms with van der Waals surface area (Å²) < 4.78 is 108. The molecule has 510 valence electrons. The molecule has 0 atom stereocenters. The highest BCUT2D eigenvalue weighted by Gasteiger charge is 2.53. The number of nitrogens with zero attached hydrogens (tertiary/aromatic N) is 1. The number of hydrogen-bond acceptors (Lipinski definition) is 11. The highest BCUT2D eigenvalue weighted by Crippen LogP contribution is 2.46. The molecule has 10 rings (SSSR count). The van der Waals surface area contributed by atoms with Crippen LogP contribution in [0.3, 0.4) is 0 Å². The molecular formula is C74H74ClF8NO12. The number of hydrogen-bond donors (Lipinski definition) is 6. The molecule has 0 aliphatic heterocycles. The number of aliphatic hydroxyl groups is 3. The van der Waals surface area contributed by atoms with Crippen LogP contribution < -0.4 is 0 Å². The second kappa shape index (κ2) is 38.7. The number of phenols is 1. The molecular weight excluding hydrogens is 1280 g/mol. The van der Waals surface area contributed by atoms with Gasteiger partial charge in [-0.1, -0.05) is 84.9 Å². The Balaban J connectivity index is 0.000000289. The first-order chi connectivity index (χ1) is 45.2. The van der Waals surface area contributed by atoms with Crippen molar-refractivity contribution in [3.63, 3.8) is 0 Å². The SMILES string of the molecule is COC(=O)C1(c2ccc(C)c(F)c2)CC(O)C1.Cc1ccc(C2(C(=O)O)CC(O)C2)cc1F.Cc1ccc(C=O)cc1F.Cc1ccc(CC#N)cc1F.Cc1ccc(CC(=O)O)cc1F.Cc1ccc(CCl)cc1F.Cc1ccc(CO)cc1F.O=Cc1ccc(O)c(F)c1. The number of aryl methyl sites for hydroxylation is 7. The van der Waals surface area contributed by atoms with Gasteiger partial charge in [-0.2, -0.15) is 5.26 Å². The second-order valence-corrected chi connectivity index (χ2v) is 22.8. The van der Waals surface area contributed by atoms with Crippen molar-refractivity contribution in [2.45, 2.75) is 123 Å². The lowest BCUT2D eigenvalue weighted by Crippen LogP contribution is -2.51. The van der Waals surface area contributed by atoms with Gasteiger partial charge in [0.25, 0.3) is 0 Å². The number of benzene rings is 8. The standard InChI is InChI=1S/C13H15FO3.C12H13FO3.C9H8FN.C9H9FO2.C8H8ClF.C8H9FO.C8H7FO.C7H5FO2/c1-8-3-4-9(5-11(8)14)13(12(16)17-2)6-10(15)7-13;1-7-2-3-8(4-10(7)13)12(11(15)16)5-9(14)6-12;1-7-2-3-8(4-5-11)6-9(7)10;1-6-2-3-7(4-8(6)10)5-9(11)12;1-6-2-3-7(5-9)4-8(6)10;2*1-6-2-3-7(5-10)4-8(6)9;8-6-3-5(4-9)1-2-7(6)10/h3-5,10,15H,6-7H2,1-2H3;2-4,9,14H,5-6H2,1H3,(H,15,16);2-3,6H,4H2,1H3;2-4H,5H2,1H3,(H,11,12);2-4H,5H2,1H3;2-4,10H,5H2,1H3;2-5H,1H3;1-4,10H. The summed E-state index contributed by atoms with van der Waals surface area (Å²) in [6.45, 7) is 11.6. The van der Waals surface area contributed by atoms with Crippen molar-refractivity contribution in [1.29, 1.82) is 5.26 Å². The van der Waals surface area contributed by atoms with Crippen molar-refractivity contribution in [3.8, 4) is 11.8 Å². The number of halogens is 9. The summed E-state index contributed by atoms with van der Waals surface area (Å²) in [6.07, 6.45) is 1.08. The highest BCUT2D eigenvalue weighted by molar-refractivity contribution is 6.17. The van der Waals surface area contributed by atoms with Gasteiger partial charge in [0.15, 0.2) is 11.6 Å². The fourth-order valence-corrected chi connectivity index (χ4v) is 9.18. The Morgan fingerprint density at radius 3 is 1.19 bits per heavy atom. The van der Waals surface area contributed by atoms with E-state index in [2.05, 4.69) is 0 Å². The van der Waals surface area contributed by atoms with Gasteiger partial charge in [0, 0.05) is 17.0 Å². The van der Waals surface area contributed by atoms with Gasteiger partial charge in [0.2, 0.25) is 0 Å². The third kappa shape index (κ3) is 24.3. The number of phenolic OH excluding ortho intramolecular Hbond substituents is 1. The van der Waals surface area contributed by atoms with E-state index in [-0.39, 0.29) is 72.8 Å². The first-order valence-electron chi connectivity index (χ1n) is 29.4. The number of ether oxygens (including phenoxy) is 1. The van der Waals surface area contributed by atoms with Gasteiger partial charge in [0.05, 0.1) is 55.7 Å². The number of carboxylic acids is 2. The summed E-state index contributed by atoms with van der Waals surface area (Å²) in [5.41, 5.74) is 6.31. The molecule has 2 aliphatic rings. The molecule has 6 N–H and O–H groups in total. The van der Waals surface area contributed by atoms with Crippen LogP contribution >= 0.6 is 11.6 Å². The molecule has 0 aromatic heterocycles. The average molecular weight is 1360 g/mol. The van der Waals surface area contributed by atoms with Gasteiger partial charge in [-0.15, -0.1) is 11.6 Å². The number of aliphatic carboxylic acids is 2. The molecule has 0 bridgehead atoms. The molecule has 2 fully saturated rings. The van der Waals surface area contributed by atoms with E-state index in [1.807, 2.05) is 12.1 Å². The average Bonchev–Trinajstić information content (AvgIpc) is 0.765. The van der Waals surface area contributed by atoms with E-state index < -0.39 is 58.3 Å². The zero-order valence-electron chi connectivity index (χ0n) is 53.8. The molecule has 0 spiro atoms. The summed E-state index contributed by atoms with van der Waals surface area (Å²) >= 11 is 5.48. The first-order valence-corrected chi connectivity index (χ1v) is 29.9. The largest absolute Gasteiger partial charge is 0.505 e. The van der Waals surface area contributed by atoms with Crippen LogP contribution in [0.4, 0.5) is 35.1 Å². The maximum atomic E-state index is 13.5. The van der Waals surface area contributed by atoms with Crippen LogP contribution in [0.15, 0.2) is 146 Å². The third-order valence-corrected chi connectivity index (χ3v) is 15.4. The minimum atomic E-state index is -1.10. The van der Waals surface area contributed by atoms with Crippen molar-refractivity contribution in [2.24, 2.45) is 0 Å². The van der Waals surface area contributed by atoms with E-state index in [9.17, 15) is 74.4 Å². The normalized spacial score (nSPS) is 15.9. The van der Waals surface area contributed by atoms with Crippen molar-refractivity contribution >= 4 is 42.1 Å². The minimum Gasteiger partial charge on any atom is -0.505 e. The fraction of sp³-hybridized carbons (Fsp3) is 0.270. The Labute approximate surface area is 556 Å². The Bertz CT molecular complexity index is 3890. The van der Waals surface area contributed by atoms with Gasteiger partial charge in [-0.05, 0) is 207 Å². The second-order valence-electron chi connectivity index (χ2n) is 22.5.